The Kier molecular flexibility index (Phi) is 4.30. The minimum atomic E-state index is -1.10. The summed E-state index contributed by atoms with van der Waals surface area (Å²) in [6.07, 6.45) is 4.33. The van der Waals surface area contributed by atoms with Gasteiger partial charge in [-0.05, 0) is 31.0 Å². The van der Waals surface area contributed by atoms with Crippen molar-refractivity contribution in [3.05, 3.63) is 28.8 Å². The van der Waals surface area contributed by atoms with Crippen LogP contribution in [0.15, 0.2) is 18.2 Å². The van der Waals surface area contributed by atoms with Crippen LogP contribution in [0.25, 0.3) is 0 Å². The zero-order valence-corrected chi connectivity index (χ0v) is 11.7. The zero-order valence-electron chi connectivity index (χ0n) is 11.0. The second-order valence-electron chi connectivity index (χ2n) is 5.17. The summed E-state index contributed by atoms with van der Waals surface area (Å²) in [5, 5.41) is 11.7. The first-order valence-corrected chi connectivity index (χ1v) is 6.93. The summed E-state index contributed by atoms with van der Waals surface area (Å²) in [6.45, 7) is 0. The molecule has 108 valence electrons. The Bertz CT molecular complexity index is 539. The van der Waals surface area contributed by atoms with E-state index in [1.165, 1.54) is 18.2 Å². The zero-order chi connectivity index (χ0) is 14.8. The molecule has 2 rings (SSSR count). The first-order chi connectivity index (χ1) is 9.42. The highest BCUT2D eigenvalue weighted by Gasteiger charge is 2.35. The number of carboxylic acids is 1. The molecule has 0 bridgehead atoms. The molecule has 0 unspecified atom stereocenters. The van der Waals surface area contributed by atoms with E-state index in [4.69, 9.17) is 22.4 Å². The number of carbonyl (C=O) groups is 2. The maximum absolute atomic E-state index is 12.2. The quantitative estimate of drug-likeness (QED) is 0.799. The van der Waals surface area contributed by atoms with E-state index in [1.807, 2.05) is 0 Å². The Morgan fingerprint density at radius 2 is 1.90 bits per heavy atom. The third-order valence-electron chi connectivity index (χ3n) is 3.66. The molecule has 6 heteroatoms. The fourth-order valence-electron chi connectivity index (χ4n) is 2.43. The Morgan fingerprint density at radius 1 is 1.25 bits per heavy atom. The van der Waals surface area contributed by atoms with E-state index in [1.54, 1.807) is 0 Å². The summed E-state index contributed by atoms with van der Waals surface area (Å²) in [4.78, 5) is 23.1. The van der Waals surface area contributed by atoms with Crippen LogP contribution in [0, 0.1) is 0 Å². The van der Waals surface area contributed by atoms with Gasteiger partial charge in [-0.15, -0.1) is 0 Å². The number of nitrogens with two attached hydrogens (primary N) is 1. The molecule has 0 aromatic heterocycles. The predicted octanol–water partition coefficient (Wildman–Crippen LogP) is 2.64. The van der Waals surface area contributed by atoms with Gasteiger partial charge in [0.15, 0.2) is 0 Å². The van der Waals surface area contributed by atoms with Crippen molar-refractivity contribution >= 4 is 29.2 Å². The molecule has 20 heavy (non-hydrogen) atoms. The number of nitrogens with one attached hydrogen (secondary N) is 1. The summed E-state index contributed by atoms with van der Waals surface area (Å²) in [7, 11) is 0. The van der Waals surface area contributed by atoms with Crippen LogP contribution in [0.2, 0.25) is 5.02 Å². The fourth-order valence-corrected chi connectivity index (χ4v) is 2.69. The second-order valence-corrected chi connectivity index (χ2v) is 5.58. The lowest BCUT2D eigenvalue weighted by Gasteiger charge is -2.31. The molecule has 0 atom stereocenters. The smallest absolute Gasteiger partial charge is 0.337 e. The van der Waals surface area contributed by atoms with Crippen LogP contribution in [0.5, 0.6) is 0 Å². The number of hydrogen-bond donors (Lipinski definition) is 3. The van der Waals surface area contributed by atoms with Gasteiger partial charge in [0.2, 0.25) is 5.91 Å². The number of rotatable bonds is 3. The molecular formula is C14H17ClN2O3. The number of benzene rings is 1. The molecule has 1 aliphatic carbocycles. The first-order valence-electron chi connectivity index (χ1n) is 6.55. The molecule has 1 aromatic rings. The number of hydrogen-bond acceptors (Lipinski definition) is 3. The molecule has 1 saturated carbocycles. The highest BCUT2D eigenvalue weighted by molar-refractivity contribution is 6.33. The van der Waals surface area contributed by atoms with Gasteiger partial charge in [0.1, 0.15) is 0 Å². The molecule has 1 aliphatic rings. The Labute approximate surface area is 122 Å². The Morgan fingerprint density at radius 3 is 2.45 bits per heavy atom. The van der Waals surface area contributed by atoms with Crippen LogP contribution in [-0.4, -0.2) is 22.5 Å². The number of anilines is 1. The van der Waals surface area contributed by atoms with Gasteiger partial charge in [0.25, 0.3) is 0 Å². The summed E-state index contributed by atoms with van der Waals surface area (Å²) in [5.74, 6) is -1.34. The number of carbonyl (C=O) groups excluding carboxylic acids is 1. The van der Waals surface area contributed by atoms with Gasteiger partial charge in [-0.1, -0.05) is 30.9 Å². The van der Waals surface area contributed by atoms with Crippen molar-refractivity contribution in [2.24, 2.45) is 5.73 Å². The third kappa shape index (κ3) is 3.11. The highest BCUT2D eigenvalue weighted by atomic mass is 35.5. The van der Waals surface area contributed by atoms with Gasteiger partial charge in [0, 0.05) is 5.69 Å². The van der Waals surface area contributed by atoms with E-state index in [9.17, 15) is 9.59 Å². The van der Waals surface area contributed by atoms with Crippen LogP contribution in [0.1, 0.15) is 42.5 Å². The SMILES string of the molecule is NC1(C(=O)Nc2ccc(C(=O)O)c(Cl)c2)CCCCC1. The minimum Gasteiger partial charge on any atom is -0.478 e. The fraction of sp³-hybridized carbons (Fsp3) is 0.429. The summed E-state index contributed by atoms with van der Waals surface area (Å²) in [6, 6.07) is 4.30. The minimum absolute atomic E-state index is 0.00444. The van der Waals surface area contributed by atoms with E-state index in [0.717, 1.165) is 19.3 Å². The lowest BCUT2D eigenvalue weighted by atomic mass is 9.82. The number of aromatic carboxylic acids is 1. The van der Waals surface area contributed by atoms with Crippen LogP contribution >= 0.6 is 11.6 Å². The van der Waals surface area contributed by atoms with Crippen molar-refractivity contribution in [1.29, 1.82) is 0 Å². The lowest BCUT2D eigenvalue weighted by molar-refractivity contribution is -0.122. The molecule has 0 heterocycles. The summed E-state index contributed by atoms with van der Waals surface area (Å²) >= 11 is 5.86. The molecule has 1 fully saturated rings. The molecule has 0 radical (unpaired) electrons. The van der Waals surface area contributed by atoms with Gasteiger partial charge in [-0.3, -0.25) is 4.79 Å². The number of carboxylic acid groups (broad SMARTS) is 1. The van der Waals surface area contributed by atoms with Crippen molar-refractivity contribution in [2.75, 3.05) is 5.32 Å². The molecule has 4 N–H and O–H groups in total. The standard InChI is InChI=1S/C14H17ClN2O3/c15-11-8-9(4-5-10(11)12(18)19)17-13(20)14(16)6-2-1-3-7-14/h4-5,8H,1-3,6-7,16H2,(H,17,20)(H,18,19). The van der Waals surface area contributed by atoms with Crippen LogP contribution < -0.4 is 11.1 Å². The van der Waals surface area contributed by atoms with Gasteiger partial charge in [0.05, 0.1) is 16.1 Å². The van der Waals surface area contributed by atoms with E-state index in [0.29, 0.717) is 18.5 Å². The van der Waals surface area contributed by atoms with Crippen LogP contribution in [0.4, 0.5) is 5.69 Å². The second kappa shape index (κ2) is 5.81. The van der Waals surface area contributed by atoms with Crippen molar-refractivity contribution in [2.45, 2.75) is 37.6 Å². The van der Waals surface area contributed by atoms with Crippen LogP contribution in [-0.2, 0) is 4.79 Å². The van der Waals surface area contributed by atoms with Gasteiger partial charge in [-0.2, -0.15) is 0 Å². The molecular weight excluding hydrogens is 280 g/mol. The molecule has 0 aliphatic heterocycles. The predicted molar refractivity (Wildman–Crippen MR) is 77.0 cm³/mol. The van der Waals surface area contributed by atoms with E-state index in [-0.39, 0.29) is 16.5 Å². The van der Waals surface area contributed by atoms with Crippen molar-refractivity contribution in [3.63, 3.8) is 0 Å². The molecule has 0 saturated heterocycles. The van der Waals surface area contributed by atoms with E-state index in [2.05, 4.69) is 5.32 Å². The van der Waals surface area contributed by atoms with Gasteiger partial charge >= 0.3 is 5.97 Å². The average Bonchev–Trinajstić information content (AvgIpc) is 2.39. The van der Waals surface area contributed by atoms with E-state index >= 15 is 0 Å². The topological polar surface area (TPSA) is 92.4 Å². The number of amides is 1. The maximum Gasteiger partial charge on any atom is 0.337 e. The lowest BCUT2D eigenvalue weighted by Crippen LogP contribution is -2.52. The summed E-state index contributed by atoms with van der Waals surface area (Å²) in [5.41, 5.74) is 5.75. The Balaban J connectivity index is 2.12. The first kappa shape index (κ1) is 14.8. The largest absolute Gasteiger partial charge is 0.478 e. The molecule has 1 amide bonds. The van der Waals surface area contributed by atoms with E-state index < -0.39 is 11.5 Å². The van der Waals surface area contributed by atoms with Gasteiger partial charge < -0.3 is 16.2 Å². The van der Waals surface area contributed by atoms with Crippen LogP contribution in [0.3, 0.4) is 0 Å². The maximum atomic E-state index is 12.2. The van der Waals surface area contributed by atoms with Crippen molar-refractivity contribution in [3.8, 4) is 0 Å². The average molecular weight is 297 g/mol. The Hall–Kier alpha value is -1.59. The van der Waals surface area contributed by atoms with Gasteiger partial charge in [-0.25, -0.2) is 4.79 Å². The molecule has 5 nitrogen and oxygen atoms in total. The highest BCUT2D eigenvalue weighted by Crippen LogP contribution is 2.28. The third-order valence-corrected chi connectivity index (χ3v) is 3.97. The molecule has 1 aromatic carbocycles. The normalized spacial score (nSPS) is 17.5. The monoisotopic (exact) mass is 296 g/mol. The molecule has 0 spiro atoms. The number of halogens is 1. The van der Waals surface area contributed by atoms with Crippen molar-refractivity contribution in [1.82, 2.24) is 0 Å². The summed E-state index contributed by atoms with van der Waals surface area (Å²) < 4.78 is 0. The van der Waals surface area contributed by atoms with Crippen molar-refractivity contribution < 1.29 is 14.7 Å².